The van der Waals surface area contributed by atoms with E-state index in [1.807, 2.05) is 18.0 Å². The first-order valence-corrected chi connectivity index (χ1v) is 7.72. The van der Waals surface area contributed by atoms with Crippen molar-refractivity contribution >= 4 is 5.97 Å². The minimum atomic E-state index is -0.273. The van der Waals surface area contributed by atoms with Crippen LogP contribution < -0.4 is 5.73 Å². The molecule has 0 saturated carbocycles. The zero-order chi connectivity index (χ0) is 17.0. The number of hydrogen-bond acceptors (Lipinski definition) is 4. The average Bonchev–Trinajstić information content (AvgIpc) is 2.43. The molecule has 0 fully saturated rings. The first-order chi connectivity index (χ1) is 9.72. The van der Waals surface area contributed by atoms with Crippen LogP contribution in [0, 0.1) is 5.92 Å². The van der Waals surface area contributed by atoms with E-state index in [1.165, 1.54) is 6.42 Å². The number of rotatable bonds is 7. The van der Waals surface area contributed by atoms with Gasteiger partial charge in [0, 0.05) is 30.9 Å². The van der Waals surface area contributed by atoms with Crippen LogP contribution in [0.1, 0.15) is 48.0 Å². The monoisotopic (exact) mass is 298 g/mol. The Bertz CT molecular complexity index is 336. The van der Waals surface area contributed by atoms with Gasteiger partial charge in [-0.15, -0.1) is 0 Å². The van der Waals surface area contributed by atoms with E-state index in [9.17, 15) is 4.79 Å². The smallest absolute Gasteiger partial charge is 0.333 e. The van der Waals surface area contributed by atoms with Gasteiger partial charge >= 0.3 is 5.97 Å². The summed E-state index contributed by atoms with van der Waals surface area (Å²) in [6, 6.07) is -0.0636. The summed E-state index contributed by atoms with van der Waals surface area (Å²) >= 11 is 0. The summed E-state index contributed by atoms with van der Waals surface area (Å²) in [5.74, 6) is 0.0692. The van der Waals surface area contributed by atoms with Crippen molar-refractivity contribution in [1.82, 2.24) is 4.90 Å². The third kappa shape index (κ3) is 10.1. The number of nitrogens with zero attached hydrogens (tertiary/aromatic N) is 1. The van der Waals surface area contributed by atoms with Crippen molar-refractivity contribution in [1.29, 1.82) is 0 Å². The molecule has 0 amide bonds. The van der Waals surface area contributed by atoms with Crippen molar-refractivity contribution in [2.45, 2.75) is 54.0 Å². The van der Waals surface area contributed by atoms with Gasteiger partial charge in [0.1, 0.15) is 0 Å². The molecule has 0 aliphatic heterocycles. The highest BCUT2D eigenvalue weighted by molar-refractivity contribution is 5.87. The van der Waals surface area contributed by atoms with Gasteiger partial charge in [-0.2, -0.15) is 0 Å². The predicted molar refractivity (Wildman–Crippen MR) is 90.9 cm³/mol. The molecule has 21 heavy (non-hydrogen) atoms. The molecule has 0 aromatic rings. The Hall–Kier alpha value is -1.29. The molecular weight excluding hydrogens is 264 g/mol. The molecule has 0 rings (SSSR count). The van der Waals surface area contributed by atoms with Crippen LogP contribution in [0.2, 0.25) is 0 Å². The van der Waals surface area contributed by atoms with Crippen molar-refractivity contribution in [3.05, 3.63) is 23.9 Å². The Morgan fingerprint density at radius 1 is 1.33 bits per heavy atom. The molecule has 1 unspecified atom stereocenters. The third-order valence-corrected chi connectivity index (χ3v) is 2.86. The van der Waals surface area contributed by atoms with Crippen LogP contribution >= 0.6 is 0 Å². The number of ether oxygens (including phenoxy) is 1. The lowest BCUT2D eigenvalue weighted by atomic mass is 10.0. The van der Waals surface area contributed by atoms with E-state index in [0.717, 1.165) is 5.70 Å². The van der Waals surface area contributed by atoms with Crippen LogP contribution in [0.15, 0.2) is 23.9 Å². The summed E-state index contributed by atoms with van der Waals surface area (Å²) in [5.41, 5.74) is 7.50. The number of carbonyl (C=O) groups excluding carboxylic acids is 1. The quantitative estimate of drug-likeness (QED) is 0.578. The van der Waals surface area contributed by atoms with E-state index in [1.54, 1.807) is 13.8 Å². The van der Waals surface area contributed by atoms with Gasteiger partial charge in [0.15, 0.2) is 0 Å². The highest BCUT2D eigenvalue weighted by atomic mass is 16.5. The molecule has 1 atom stereocenters. The summed E-state index contributed by atoms with van der Waals surface area (Å²) in [6.45, 7) is 16.9. The molecule has 2 N–H and O–H groups in total. The highest BCUT2D eigenvalue weighted by Crippen LogP contribution is 2.11. The summed E-state index contributed by atoms with van der Waals surface area (Å²) in [7, 11) is 1.92. The van der Waals surface area contributed by atoms with E-state index < -0.39 is 0 Å². The second kappa shape index (κ2) is 12.5. The lowest BCUT2D eigenvalue weighted by molar-refractivity contribution is -0.138. The van der Waals surface area contributed by atoms with Crippen LogP contribution in [0.3, 0.4) is 0 Å². The molecule has 0 saturated heterocycles. The fourth-order valence-electron chi connectivity index (χ4n) is 1.36. The summed E-state index contributed by atoms with van der Waals surface area (Å²) in [6.07, 6.45) is 3.08. The molecule has 0 aliphatic rings. The number of hydrogen-bond donors (Lipinski definition) is 1. The van der Waals surface area contributed by atoms with Crippen LogP contribution in [-0.4, -0.2) is 37.1 Å². The molecule has 0 aromatic carbocycles. The van der Waals surface area contributed by atoms with E-state index in [2.05, 4.69) is 34.3 Å². The van der Waals surface area contributed by atoms with Crippen molar-refractivity contribution in [2.24, 2.45) is 11.7 Å². The van der Waals surface area contributed by atoms with Gasteiger partial charge in [0.05, 0.1) is 6.61 Å². The van der Waals surface area contributed by atoms with Gasteiger partial charge in [-0.25, -0.2) is 4.79 Å². The van der Waals surface area contributed by atoms with Gasteiger partial charge in [0.2, 0.25) is 0 Å². The minimum Gasteiger partial charge on any atom is -0.463 e. The minimum absolute atomic E-state index is 0.0636. The largest absolute Gasteiger partial charge is 0.463 e. The Morgan fingerprint density at radius 3 is 2.19 bits per heavy atom. The zero-order valence-electron chi connectivity index (χ0n) is 14.9. The number of nitrogens with two attached hydrogens (primary N) is 1. The molecule has 124 valence electrons. The standard InChI is InChI=1S/C14H26N2O2.C3H8/c1-7-18-14(17)11(4)8-9-16(6)12(5)13(15)10(2)3;1-3-2/h8,10,13H,5,7,9,15H2,1-4,6H3;3H2,1-2H3/b11-8+;. The SMILES string of the molecule is C=C(C(N)C(C)C)N(C)C/C=C(\C)C(=O)OCC.CCC. The Morgan fingerprint density at radius 2 is 1.81 bits per heavy atom. The summed E-state index contributed by atoms with van der Waals surface area (Å²) in [4.78, 5) is 13.4. The maximum atomic E-state index is 11.4. The van der Waals surface area contributed by atoms with Crippen LogP contribution in [-0.2, 0) is 9.53 Å². The van der Waals surface area contributed by atoms with E-state index in [-0.39, 0.29) is 12.0 Å². The molecule has 0 aliphatic carbocycles. The Labute approximate surface area is 131 Å². The molecule has 0 bridgehead atoms. The molecule has 4 heteroatoms. The fourth-order valence-corrected chi connectivity index (χ4v) is 1.36. The first-order valence-electron chi connectivity index (χ1n) is 7.72. The third-order valence-electron chi connectivity index (χ3n) is 2.86. The predicted octanol–water partition coefficient (Wildman–Crippen LogP) is 3.34. The Balaban J connectivity index is 0. The first kappa shape index (κ1) is 22.0. The lowest BCUT2D eigenvalue weighted by Crippen LogP contribution is -2.36. The Kier molecular flexibility index (Phi) is 13.0. The molecule has 0 radical (unpaired) electrons. The normalized spacial score (nSPS) is 12.3. The van der Waals surface area contributed by atoms with Crippen molar-refractivity contribution in [3.8, 4) is 0 Å². The van der Waals surface area contributed by atoms with Crippen LogP contribution in [0.4, 0.5) is 0 Å². The second-order valence-corrected chi connectivity index (χ2v) is 5.46. The van der Waals surface area contributed by atoms with Crippen LogP contribution in [0.25, 0.3) is 0 Å². The summed E-state index contributed by atoms with van der Waals surface area (Å²) in [5, 5.41) is 0. The van der Waals surface area contributed by atoms with Gasteiger partial charge in [-0.1, -0.05) is 46.8 Å². The van der Waals surface area contributed by atoms with E-state index in [0.29, 0.717) is 24.6 Å². The van der Waals surface area contributed by atoms with Gasteiger partial charge < -0.3 is 15.4 Å². The van der Waals surface area contributed by atoms with Gasteiger partial charge in [-0.05, 0) is 19.8 Å². The molecule has 0 heterocycles. The molecule has 0 spiro atoms. The van der Waals surface area contributed by atoms with E-state index in [4.69, 9.17) is 10.5 Å². The molecule has 0 aromatic heterocycles. The number of carbonyl (C=O) groups is 1. The number of esters is 1. The number of likely N-dealkylation sites (N-methyl/N-ethyl adjacent to an activating group) is 1. The fraction of sp³-hybridized carbons (Fsp3) is 0.706. The maximum absolute atomic E-state index is 11.4. The van der Waals surface area contributed by atoms with Crippen molar-refractivity contribution in [2.75, 3.05) is 20.2 Å². The topological polar surface area (TPSA) is 55.6 Å². The van der Waals surface area contributed by atoms with Crippen molar-refractivity contribution in [3.63, 3.8) is 0 Å². The molecule has 4 nitrogen and oxygen atoms in total. The van der Waals surface area contributed by atoms with E-state index >= 15 is 0 Å². The molecular formula is C17H34N2O2. The highest BCUT2D eigenvalue weighted by Gasteiger charge is 2.14. The summed E-state index contributed by atoms with van der Waals surface area (Å²) < 4.78 is 4.91. The van der Waals surface area contributed by atoms with Crippen molar-refractivity contribution < 1.29 is 9.53 Å². The zero-order valence-corrected chi connectivity index (χ0v) is 14.9. The average molecular weight is 298 g/mol. The second-order valence-electron chi connectivity index (χ2n) is 5.46. The van der Waals surface area contributed by atoms with Crippen LogP contribution in [0.5, 0.6) is 0 Å². The lowest BCUT2D eigenvalue weighted by Gasteiger charge is -2.27. The van der Waals surface area contributed by atoms with Gasteiger partial charge in [-0.3, -0.25) is 0 Å². The maximum Gasteiger partial charge on any atom is 0.333 e. The van der Waals surface area contributed by atoms with Gasteiger partial charge in [0.25, 0.3) is 0 Å².